The molecule has 0 unspecified atom stereocenters. The molecule has 1 aliphatic heterocycles. The number of rotatable bonds is 5. The third-order valence-electron chi connectivity index (χ3n) is 2.32. The molecule has 0 bridgehead atoms. The zero-order valence-electron chi connectivity index (χ0n) is 9.61. The Morgan fingerprint density at radius 1 is 1.47 bits per heavy atom. The van der Waals surface area contributed by atoms with Crippen molar-refractivity contribution in [3.05, 3.63) is 0 Å². The third-order valence-corrected chi connectivity index (χ3v) is 3.30. The molecule has 1 saturated heterocycles. The van der Waals surface area contributed by atoms with E-state index in [1.807, 2.05) is 0 Å². The number of hydrogen-bond acceptors (Lipinski definition) is 4. The van der Waals surface area contributed by atoms with Gasteiger partial charge in [0.15, 0.2) is 0 Å². The summed E-state index contributed by atoms with van der Waals surface area (Å²) in [5, 5.41) is 2.71. The van der Waals surface area contributed by atoms with Crippen LogP contribution in [0.15, 0.2) is 0 Å². The average molecular weight is 259 g/mol. The van der Waals surface area contributed by atoms with Crippen LogP contribution in [0.5, 0.6) is 0 Å². The van der Waals surface area contributed by atoms with E-state index in [2.05, 4.69) is 5.32 Å². The number of nitrogens with one attached hydrogen (secondary N) is 1. The van der Waals surface area contributed by atoms with Gasteiger partial charge in [0.2, 0.25) is 17.7 Å². The molecule has 3 N–H and O–H groups in total. The Hall–Kier alpha value is -1.24. The van der Waals surface area contributed by atoms with E-state index in [0.717, 1.165) is 6.42 Å². The highest BCUT2D eigenvalue weighted by Gasteiger charge is 2.18. The third kappa shape index (κ3) is 5.58. The maximum Gasteiger partial charge on any atom is 0.239 e. The first-order chi connectivity index (χ1) is 8.09. The van der Waals surface area contributed by atoms with Crippen LogP contribution in [0.3, 0.4) is 0 Å². The van der Waals surface area contributed by atoms with Crippen LogP contribution in [-0.4, -0.2) is 53.8 Å². The second-order valence-electron chi connectivity index (χ2n) is 3.79. The second kappa shape index (κ2) is 7.16. The fourth-order valence-corrected chi connectivity index (χ4v) is 2.17. The largest absolute Gasteiger partial charge is 0.369 e. The van der Waals surface area contributed by atoms with Crippen molar-refractivity contribution in [2.45, 2.75) is 12.8 Å². The Labute approximate surface area is 104 Å². The number of primary amides is 1. The lowest BCUT2D eigenvalue weighted by atomic mass is 10.3. The maximum absolute atomic E-state index is 11.8. The molecule has 96 valence electrons. The lowest BCUT2D eigenvalue weighted by Crippen LogP contribution is -2.37. The van der Waals surface area contributed by atoms with E-state index in [4.69, 9.17) is 5.73 Å². The molecule has 1 rings (SSSR count). The Kier molecular flexibility index (Phi) is 5.82. The minimum atomic E-state index is -0.378. The Balaban J connectivity index is 2.26. The quantitative estimate of drug-likeness (QED) is 0.616. The summed E-state index contributed by atoms with van der Waals surface area (Å²) in [7, 11) is 0. The lowest BCUT2D eigenvalue weighted by Gasteiger charge is -2.18. The van der Waals surface area contributed by atoms with Crippen LogP contribution in [0, 0.1) is 0 Å². The first-order valence-electron chi connectivity index (χ1n) is 5.50. The Morgan fingerprint density at radius 2 is 2.24 bits per heavy atom. The highest BCUT2D eigenvalue weighted by Crippen LogP contribution is 2.05. The predicted octanol–water partition coefficient (Wildman–Crippen LogP) is -1.06. The van der Waals surface area contributed by atoms with Crippen molar-refractivity contribution in [1.29, 1.82) is 0 Å². The van der Waals surface area contributed by atoms with Crippen molar-refractivity contribution in [3.63, 3.8) is 0 Å². The summed E-state index contributed by atoms with van der Waals surface area (Å²) >= 11 is 1.34. The molecule has 0 aliphatic carbocycles. The smallest absolute Gasteiger partial charge is 0.239 e. The van der Waals surface area contributed by atoms with Crippen LogP contribution in [-0.2, 0) is 14.4 Å². The van der Waals surface area contributed by atoms with Crippen molar-refractivity contribution >= 4 is 29.5 Å². The highest BCUT2D eigenvalue weighted by molar-refractivity contribution is 7.99. The van der Waals surface area contributed by atoms with Crippen LogP contribution < -0.4 is 11.1 Å². The summed E-state index contributed by atoms with van der Waals surface area (Å²) in [6.07, 6.45) is 1.12. The molecule has 6 nitrogen and oxygen atoms in total. The molecule has 0 spiro atoms. The van der Waals surface area contributed by atoms with Gasteiger partial charge in [0, 0.05) is 25.3 Å². The van der Waals surface area contributed by atoms with E-state index < -0.39 is 0 Å². The van der Waals surface area contributed by atoms with Crippen molar-refractivity contribution in [2.75, 3.05) is 31.1 Å². The van der Waals surface area contributed by atoms with Crippen molar-refractivity contribution in [2.24, 2.45) is 5.73 Å². The number of carbonyl (C=O) groups excluding carboxylic acids is 3. The van der Waals surface area contributed by atoms with Gasteiger partial charge in [-0.05, 0) is 6.42 Å². The summed E-state index contributed by atoms with van der Waals surface area (Å²) in [6, 6.07) is 0. The van der Waals surface area contributed by atoms with E-state index in [1.165, 1.54) is 11.8 Å². The van der Waals surface area contributed by atoms with Crippen LogP contribution in [0.2, 0.25) is 0 Å². The summed E-state index contributed by atoms with van der Waals surface area (Å²) in [6.45, 7) is 1.37. The SMILES string of the molecule is NC(=O)CSCCC(=O)N1CCCNC(=O)C1. The number of nitrogens with two attached hydrogens (primary N) is 1. The number of thioether (sulfide) groups is 1. The minimum absolute atomic E-state index is 0.0426. The first-order valence-corrected chi connectivity index (χ1v) is 6.65. The predicted molar refractivity (Wildman–Crippen MR) is 65.3 cm³/mol. The van der Waals surface area contributed by atoms with Gasteiger partial charge in [0.25, 0.3) is 0 Å². The summed E-state index contributed by atoms with van der Waals surface area (Å²) in [5.74, 6) is 0.254. The molecule has 1 heterocycles. The summed E-state index contributed by atoms with van der Waals surface area (Å²) in [4.78, 5) is 35.1. The molecule has 3 amide bonds. The number of carbonyl (C=O) groups is 3. The molecule has 0 atom stereocenters. The maximum atomic E-state index is 11.8. The van der Waals surface area contributed by atoms with Gasteiger partial charge in [0.1, 0.15) is 0 Å². The van der Waals surface area contributed by atoms with Crippen LogP contribution >= 0.6 is 11.8 Å². The first kappa shape index (κ1) is 13.8. The van der Waals surface area contributed by atoms with E-state index in [0.29, 0.717) is 25.3 Å². The Morgan fingerprint density at radius 3 is 2.94 bits per heavy atom. The zero-order valence-corrected chi connectivity index (χ0v) is 10.4. The van der Waals surface area contributed by atoms with Crippen LogP contribution in [0.25, 0.3) is 0 Å². The molecule has 0 aromatic heterocycles. The molecule has 0 aromatic rings. The lowest BCUT2D eigenvalue weighted by molar-refractivity contribution is -0.134. The van der Waals surface area contributed by atoms with Crippen molar-refractivity contribution in [3.8, 4) is 0 Å². The van der Waals surface area contributed by atoms with Gasteiger partial charge in [0.05, 0.1) is 12.3 Å². The molecule has 1 fully saturated rings. The Bertz CT molecular complexity index is 309. The van der Waals surface area contributed by atoms with Crippen molar-refractivity contribution < 1.29 is 14.4 Å². The van der Waals surface area contributed by atoms with Gasteiger partial charge in [-0.15, -0.1) is 0 Å². The summed E-state index contributed by atoms with van der Waals surface area (Å²) in [5.41, 5.74) is 4.98. The molecule has 0 aromatic carbocycles. The van der Waals surface area contributed by atoms with E-state index in [1.54, 1.807) is 4.90 Å². The molecule has 0 saturated carbocycles. The van der Waals surface area contributed by atoms with Gasteiger partial charge in [-0.2, -0.15) is 11.8 Å². The van der Waals surface area contributed by atoms with E-state index in [-0.39, 0.29) is 30.0 Å². The molecule has 1 aliphatic rings. The molecular weight excluding hydrogens is 242 g/mol. The van der Waals surface area contributed by atoms with Crippen molar-refractivity contribution in [1.82, 2.24) is 10.2 Å². The number of nitrogens with zero attached hydrogens (tertiary/aromatic N) is 1. The van der Waals surface area contributed by atoms with Crippen LogP contribution in [0.4, 0.5) is 0 Å². The minimum Gasteiger partial charge on any atom is -0.369 e. The highest BCUT2D eigenvalue weighted by atomic mass is 32.2. The molecular formula is C10H17N3O3S. The number of amides is 3. The molecule has 17 heavy (non-hydrogen) atoms. The average Bonchev–Trinajstić information content (AvgIpc) is 2.48. The standard InChI is InChI=1S/C10H17N3O3S/c11-8(14)7-17-5-2-10(16)13-4-1-3-12-9(15)6-13/h1-7H2,(H2,11,14)(H,12,15). The zero-order chi connectivity index (χ0) is 12.7. The molecule has 7 heteroatoms. The van der Waals surface area contributed by atoms with Gasteiger partial charge >= 0.3 is 0 Å². The van der Waals surface area contributed by atoms with Crippen LogP contribution in [0.1, 0.15) is 12.8 Å². The monoisotopic (exact) mass is 259 g/mol. The van der Waals surface area contributed by atoms with E-state index >= 15 is 0 Å². The fourth-order valence-electron chi connectivity index (χ4n) is 1.51. The van der Waals surface area contributed by atoms with E-state index in [9.17, 15) is 14.4 Å². The van der Waals surface area contributed by atoms with Gasteiger partial charge in [-0.3, -0.25) is 14.4 Å². The van der Waals surface area contributed by atoms with Gasteiger partial charge < -0.3 is 16.0 Å². The number of hydrogen-bond donors (Lipinski definition) is 2. The normalized spacial score (nSPS) is 16.2. The second-order valence-corrected chi connectivity index (χ2v) is 4.89. The van der Waals surface area contributed by atoms with Gasteiger partial charge in [-0.25, -0.2) is 0 Å². The fraction of sp³-hybridized carbons (Fsp3) is 0.700. The summed E-state index contributed by atoms with van der Waals surface area (Å²) < 4.78 is 0. The van der Waals surface area contributed by atoms with Gasteiger partial charge in [-0.1, -0.05) is 0 Å². The topological polar surface area (TPSA) is 92.5 Å². The molecule has 0 radical (unpaired) electrons.